The number of nitrogens with zero attached hydrogens (tertiary/aromatic N) is 2. The first-order valence-electron chi connectivity index (χ1n) is 16.1. The predicted octanol–water partition coefficient (Wildman–Crippen LogP) is 6.18. The minimum Gasteiger partial charge on any atom is -0.354 e. The molecule has 46 heavy (non-hydrogen) atoms. The Morgan fingerprint density at radius 3 is 2.02 bits per heavy atom. The van der Waals surface area contributed by atoms with Gasteiger partial charge in [0.2, 0.25) is 11.8 Å². The summed E-state index contributed by atoms with van der Waals surface area (Å²) in [5, 5.41) is 3.02. The van der Waals surface area contributed by atoms with E-state index >= 15 is 0 Å². The summed E-state index contributed by atoms with van der Waals surface area (Å²) in [7, 11) is -0.520. The zero-order valence-corrected chi connectivity index (χ0v) is 29.1. The van der Waals surface area contributed by atoms with Gasteiger partial charge in [-0.25, -0.2) is 4.57 Å². The summed E-state index contributed by atoms with van der Waals surface area (Å²) in [6.45, 7) is 8.67. The maximum atomic E-state index is 14.0. The zero-order valence-electron chi connectivity index (χ0n) is 28.2. The highest BCUT2D eigenvalue weighted by molar-refractivity contribution is 7.48. The number of rotatable bonds is 15. The first-order valence-corrected chi connectivity index (χ1v) is 17.6. The molecule has 2 amide bonds. The van der Waals surface area contributed by atoms with Gasteiger partial charge in [-0.2, -0.15) is 0 Å². The monoisotopic (exact) mass is 657 g/mol. The number of allylic oxidation sites excluding steroid dienone is 2. The van der Waals surface area contributed by atoms with Crippen LogP contribution in [0.25, 0.3) is 0 Å². The number of hydrogen-bond acceptors (Lipinski definition) is 8. The van der Waals surface area contributed by atoms with Crippen molar-refractivity contribution in [3.63, 3.8) is 0 Å². The summed E-state index contributed by atoms with van der Waals surface area (Å²) in [5.74, 6) is -0.637. The minimum atomic E-state index is -4.13. The number of ether oxygens (including phenoxy) is 1. The fourth-order valence-corrected chi connectivity index (χ4v) is 6.64. The molecule has 0 aliphatic carbocycles. The smallest absolute Gasteiger partial charge is 0.354 e. The number of nitrogens with one attached hydrogen (secondary N) is 1. The molecule has 0 radical (unpaired) electrons. The van der Waals surface area contributed by atoms with Gasteiger partial charge in [-0.3, -0.25) is 28.1 Å². The van der Waals surface area contributed by atoms with E-state index in [0.717, 1.165) is 30.5 Å². The molecule has 10 nitrogen and oxygen atoms in total. The van der Waals surface area contributed by atoms with Crippen LogP contribution < -0.4 is 5.32 Å². The summed E-state index contributed by atoms with van der Waals surface area (Å²) in [6, 6.07) is 17.3. The number of hydrogen-bond donors (Lipinski definition) is 1. The average Bonchev–Trinajstić information content (AvgIpc) is 3.06. The largest absolute Gasteiger partial charge is 0.477 e. The van der Waals surface area contributed by atoms with E-state index in [1.165, 1.54) is 4.90 Å². The summed E-state index contributed by atoms with van der Waals surface area (Å²) >= 11 is 0. The lowest BCUT2D eigenvalue weighted by Gasteiger charge is -2.39. The summed E-state index contributed by atoms with van der Waals surface area (Å²) in [4.78, 5) is 31.4. The van der Waals surface area contributed by atoms with E-state index in [2.05, 4.69) is 10.2 Å². The molecule has 0 bridgehead atoms. The van der Waals surface area contributed by atoms with Crippen molar-refractivity contribution in [1.29, 1.82) is 0 Å². The SMILES string of the molecule is C/C=C/CC(C)C(OCOP(=O)(OCc1ccccc1)OCc1ccccc1)C1C(=O)NCCCCN(C)C(C(C)C)C(=O)N1C. The normalized spacial score (nSPS) is 20.5. The third-order valence-electron chi connectivity index (χ3n) is 8.18. The number of benzene rings is 2. The van der Waals surface area contributed by atoms with Crippen LogP contribution in [0.4, 0.5) is 0 Å². The van der Waals surface area contributed by atoms with Crippen LogP contribution >= 0.6 is 7.82 Å². The van der Waals surface area contributed by atoms with Crippen LogP contribution in [0.5, 0.6) is 0 Å². The van der Waals surface area contributed by atoms with Crippen LogP contribution in [0.1, 0.15) is 58.1 Å². The molecule has 2 aromatic rings. The molecule has 0 aromatic heterocycles. The van der Waals surface area contributed by atoms with Crippen molar-refractivity contribution >= 4 is 19.6 Å². The van der Waals surface area contributed by atoms with Crippen LogP contribution in [-0.4, -0.2) is 73.8 Å². The maximum Gasteiger partial charge on any atom is 0.477 e. The van der Waals surface area contributed by atoms with E-state index in [1.54, 1.807) is 7.05 Å². The Balaban J connectivity index is 1.87. The first-order chi connectivity index (χ1) is 22.1. The molecule has 11 heteroatoms. The lowest BCUT2D eigenvalue weighted by atomic mass is 9.91. The van der Waals surface area contributed by atoms with Crippen LogP contribution in [0, 0.1) is 11.8 Å². The predicted molar refractivity (Wildman–Crippen MR) is 180 cm³/mol. The van der Waals surface area contributed by atoms with Crippen LogP contribution in [0.2, 0.25) is 0 Å². The van der Waals surface area contributed by atoms with Gasteiger partial charge in [-0.15, -0.1) is 0 Å². The highest BCUT2D eigenvalue weighted by Gasteiger charge is 2.42. The molecule has 4 atom stereocenters. The van der Waals surface area contributed by atoms with Gasteiger partial charge in [-0.1, -0.05) is 93.6 Å². The van der Waals surface area contributed by atoms with Gasteiger partial charge in [-0.05, 0) is 62.7 Å². The molecule has 1 aliphatic heterocycles. The minimum absolute atomic E-state index is 0.000409. The lowest BCUT2D eigenvalue weighted by molar-refractivity contribution is -0.156. The van der Waals surface area contributed by atoms with Crippen molar-refractivity contribution in [3.8, 4) is 0 Å². The Morgan fingerprint density at radius 2 is 1.48 bits per heavy atom. The lowest BCUT2D eigenvalue weighted by Crippen LogP contribution is -2.60. The number of phosphoric ester groups is 1. The number of carbonyl (C=O) groups is 2. The average molecular weight is 658 g/mol. The van der Waals surface area contributed by atoms with Crippen molar-refractivity contribution in [2.24, 2.45) is 11.8 Å². The van der Waals surface area contributed by atoms with Gasteiger partial charge in [0.05, 0.1) is 25.4 Å². The summed E-state index contributed by atoms with van der Waals surface area (Å²) in [6.07, 6.45) is 5.37. The summed E-state index contributed by atoms with van der Waals surface area (Å²) < 4.78 is 37.5. The Hall–Kier alpha value is -2.85. The molecule has 1 saturated heterocycles. The van der Waals surface area contributed by atoms with Gasteiger partial charge in [0.1, 0.15) is 6.04 Å². The van der Waals surface area contributed by atoms with Crippen molar-refractivity contribution < 1.29 is 32.5 Å². The standard InChI is InChI=1S/C35H52N3O7P/c1-7-8-17-28(4)33(32-34(39)36-22-15-16-23-37(5)31(27(2)3)35(40)38(32)6)42-26-45-46(41,43-24-29-18-11-9-12-19-29)44-25-30-20-13-10-14-21-30/h7-14,18-21,27-28,31-33H,15-17,22-26H2,1-6H3,(H,36,39)/b8-7+. The molecule has 4 unspecified atom stereocenters. The maximum absolute atomic E-state index is 14.0. The van der Waals surface area contributed by atoms with Crippen molar-refractivity contribution in [3.05, 3.63) is 83.9 Å². The van der Waals surface area contributed by atoms with Crippen LogP contribution in [-0.2, 0) is 45.7 Å². The van der Waals surface area contributed by atoms with Crippen LogP contribution in [0.3, 0.4) is 0 Å². The summed E-state index contributed by atoms with van der Waals surface area (Å²) in [5.41, 5.74) is 1.60. The van der Waals surface area contributed by atoms with Crippen molar-refractivity contribution in [2.45, 2.75) is 78.4 Å². The molecule has 1 heterocycles. The second kappa shape index (κ2) is 19.1. The Bertz CT molecular complexity index is 1230. The van der Waals surface area contributed by atoms with Gasteiger partial charge < -0.3 is 15.0 Å². The van der Waals surface area contributed by atoms with E-state index in [1.807, 2.05) is 108 Å². The molecule has 2 aromatic carbocycles. The molecule has 3 rings (SSSR count). The van der Waals surface area contributed by atoms with Gasteiger partial charge in [0.25, 0.3) is 0 Å². The molecule has 0 saturated carbocycles. The van der Waals surface area contributed by atoms with E-state index < -0.39 is 32.8 Å². The molecule has 1 N–H and O–H groups in total. The molecule has 254 valence electrons. The van der Waals surface area contributed by atoms with Gasteiger partial charge >= 0.3 is 7.82 Å². The van der Waals surface area contributed by atoms with Crippen molar-refractivity contribution in [2.75, 3.05) is 34.0 Å². The Kier molecular flexibility index (Phi) is 15.6. The molecule has 1 fully saturated rings. The third-order valence-corrected chi connectivity index (χ3v) is 9.49. The Labute approximate surface area is 275 Å². The molecular formula is C35H52N3O7P. The van der Waals surface area contributed by atoms with Gasteiger partial charge in [0, 0.05) is 13.6 Å². The third kappa shape index (κ3) is 11.4. The molecule has 0 spiro atoms. The topological polar surface area (TPSA) is 107 Å². The van der Waals surface area contributed by atoms with E-state index in [0.29, 0.717) is 13.0 Å². The Morgan fingerprint density at radius 1 is 0.891 bits per heavy atom. The first kappa shape index (κ1) is 37.6. The van der Waals surface area contributed by atoms with E-state index in [4.69, 9.17) is 18.3 Å². The fourth-order valence-electron chi connectivity index (χ4n) is 5.61. The van der Waals surface area contributed by atoms with E-state index in [-0.39, 0.29) is 36.9 Å². The number of carbonyl (C=O) groups excluding carboxylic acids is 2. The number of amides is 2. The molecule has 1 aliphatic rings. The van der Waals surface area contributed by atoms with Crippen molar-refractivity contribution in [1.82, 2.24) is 15.1 Å². The quantitative estimate of drug-likeness (QED) is 0.138. The zero-order chi connectivity index (χ0) is 33.5. The second-order valence-corrected chi connectivity index (χ2v) is 13.9. The second-order valence-electron chi connectivity index (χ2n) is 12.2. The number of phosphoric acid groups is 1. The highest BCUT2D eigenvalue weighted by atomic mass is 31.2. The van der Waals surface area contributed by atoms with Crippen LogP contribution in [0.15, 0.2) is 72.8 Å². The molecular weight excluding hydrogens is 605 g/mol. The highest BCUT2D eigenvalue weighted by Crippen LogP contribution is 2.51. The number of likely N-dealkylation sites (N-methyl/N-ethyl adjacent to an activating group) is 2. The van der Waals surface area contributed by atoms with E-state index in [9.17, 15) is 14.2 Å². The van der Waals surface area contributed by atoms with Gasteiger partial charge in [0.15, 0.2) is 6.79 Å². The fraction of sp³-hybridized carbons (Fsp3) is 0.543.